The highest BCUT2D eigenvalue weighted by atomic mass is 15.2. The Kier molecular flexibility index (Phi) is 10.3. The second-order valence-corrected chi connectivity index (χ2v) is 17.5. The van der Waals surface area contributed by atoms with E-state index in [0.29, 0.717) is 5.84 Å². The van der Waals surface area contributed by atoms with Gasteiger partial charge in [-0.25, -0.2) is 4.99 Å². The van der Waals surface area contributed by atoms with E-state index in [1.165, 1.54) is 55.9 Å². The van der Waals surface area contributed by atoms with Crippen molar-refractivity contribution in [2.24, 2.45) is 15.7 Å². The molecule has 12 rings (SSSR count). The van der Waals surface area contributed by atoms with Gasteiger partial charge < -0.3 is 10.6 Å². The molecule has 1 aliphatic carbocycles. The summed E-state index contributed by atoms with van der Waals surface area (Å²) < 4.78 is 0. The molecule has 10 aromatic carbocycles. The molecule has 1 heterocycles. The van der Waals surface area contributed by atoms with Gasteiger partial charge in [0.25, 0.3) is 0 Å². The number of fused-ring (bicyclic) bond motifs is 9. The number of nitrogens with zero attached hydrogens (tertiary/aromatic N) is 3. The van der Waals surface area contributed by atoms with Gasteiger partial charge in [0.2, 0.25) is 0 Å². The second-order valence-electron chi connectivity index (χ2n) is 17.5. The fraction of sp³-hybridized carbons (Fsp3) is 0.0312. The van der Waals surface area contributed by atoms with Gasteiger partial charge in [-0.15, -0.1) is 0 Å². The first-order chi connectivity index (χ1) is 33.6. The zero-order valence-corrected chi connectivity index (χ0v) is 37.3. The molecular formula is C64H46N4. The van der Waals surface area contributed by atoms with Crippen LogP contribution in [0.15, 0.2) is 265 Å². The molecule has 0 fully saturated rings. The first kappa shape index (κ1) is 40.6. The standard InChI is InChI=1S/C64H46N4/c65-62(50-38-36-47(37-39-50)45-16-4-1-5-17-45)67-63(51-18-6-2-7-19-51)66-43-44-28-30-46(31-29-44)48-32-34-49(35-33-48)52-40-41-55-54-22-10-11-23-56(54)64(59(55)42-52)57-24-12-14-26-60(57)68(53-20-8-3-9-21-53)61-27-15-13-25-58(61)64/h1-43,63H,(H2,65,67). The predicted molar refractivity (Wildman–Crippen MR) is 282 cm³/mol. The first-order valence-electron chi connectivity index (χ1n) is 23.2. The Morgan fingerprint density at radius 3 is 1.50 bits per heavy atom. The molecule has 10 aromatic rings. The molecule has 322 valence electrons. The third kappa shape index (κ3) is 7.02. The monoisotopic (exact) mass is 870 g/mol. The molecule has 4 nitrogen and oxygen atoms in total. The molecular weight excluding hydrogens is 825 g/mol. The van der Waals surface area contributed by atoms with Gasteiger partial charge in [-0.1, -0.05) is 224 Å². The molecule has 1 spiro atoms. The average molecular weight is 871 g/mol. The van der Waals surface area contributed by atoms with E-state index in [1.54, 1.807) is 0 Å². The van der Waals surface area contributed by atoms with Crippen LogP contribution in [-0.2, 0) is 5.41 Å². The number of hydrogen-bond donors (Lipinski definition) is 1. The van der Waals surface area contributed by atoms with E-state index in [1.807, 2.05) is 66.9 Å². The number of benzene rings is 10. The normalized spacial score (nSPS) is 13.7. The van der Waals surface area contributed by atoms with Crippen LogP contribution in [0.4, 0.5) is 17.1 Å². The maximum absolute atomic E-state index is 6.63. The molecule has 0 amide bonds. The lowest BCUT2D eigenvalue weighted by atomic mass is 9.64. The van der Waals surface area contributed by atoms with Crippen molar-refractivity contribution in [3.05, 3.63) is 294 Å². The van der Waals surface area contributed by atoms with E-state index in [0.717, 1.165) is 44.6 Å². The molecule has 68 heavy (non-hydrogen) atoms. The van der Waals surface area contributed by atoms with Crippen molar-refractivity contribution in [1.29, 1.82) is 0 Å². The van der Waals surface area contributed by atoms with Crippen LogP contribution in [0.25, 0.3) is 44.5 Å². The van der Waals surface area contributed by atoms with Crippen molar-refractivity contribution in [1.82, 2.24) is 0 Å². The number of rotatable bonds is 9. The molecule has 2 N–H and O–H groups in total. The maximum Gasteiger partial charge on any atom is 0.167 e. The van der Waals surface area contributed by atoms with Crippen molar-refractivity contribution in [3.63, 3.8) is 0 Å². The van der Waals surface area contributed by atoms with Crippen molar-refractivity contribution < 1.29 is 0 Å². The van der Waals surface area contributed by atoms with E-state index in [-0.39, 0.29) is 0 Å². The van der Waals surface area contributed by atoms with Gasteiger partial charge in [0.1, 0.15) is 5.84 Å². The number of amidine groups is 1. The van der Waals surface area contributed by atoms with Crippen molar-refractivity contribution in [2.75, 3.05) is 4.90 Å². The largest absolute Gasteiger partial charge is 0.383 e. The molecule has 0 aromatic heterocycles. The average Bonchev–Trinajstić information content (AvgIpc) is 3.71. The Balaban J connectivity index is 0.840. The summed E-state index contributed by atoms with van der Waals surface area (Å²) in [5.41, 5.74) is 27.2. The summed E-state index contributed by atoms with van der Waals surface area (Å²) >= 11 is 0. The molecule has 0 bridgehead atoms. The number of hydrogen-bond acceptors (Lipinski definition) is 3. The number of aliphatic imine (C=N–C) groups is 2. The Labute approximate surface area is 397 Å². The van der Waals surface area contributed by atoms with Gasteiger partial charge >= 0.3 is 0 Å². The highest BCUT2D eigenvalue weighted by Crippen LogP contribution is 2.63. The zero-order valence-electron chi connectivity index (χ0n) is 37.3. The van der Waals surface area contributed by atoms with Crippen LogP contribution >= 0.6 is 0 Å². The van der Waals surface area contributed by atoms with Crippen molar-refractivity contribution in [2.45, 2.75) is 11.6 Å². The van der Waals surface area contributed by atoms with Gasteiger partial charge in [0.15, 0.2) is 6.17 Å². The minimum Gasteiger partial charge on any atom is -0.383 e. The minimum absolute atomic E-state index is 0.443. The third-order valence-corrected chi connectivity index (χ3v) is 13.6. The second kappa shape index (κ2) is 17.2. The fourth-order valence-electron chi connectivity index (χ4n) is 10.4. The van der Waals surface area contributed by atoms with Crippen LogP contribution in [0.1, 0.15) is 45.1 Å². The van der Waals surface area contributed by atoms with Crippen molar-refractivity contribution in [3.8, 4) is 44.5 Å². The number of nitrogens with two attached hydrogens (primary N) is 1. The Bertz CT molecular complexity index is 3440. The molecule has 4 heteroatoms. The minimum atomic E-state index is -0.499. The Hall–Kier alpha value is -8.86. The van der Waals surface area contributed by atoms with Crippen LogP contribution in [0.3, 0.4) is 0 Å². The van der Waals surface area contributed by atoms with Gasteiger partial charge in [-0.05, 0) is 108 Å². The third-order valence-electron chi connectivity index (χ3n) is 13.6. The molecule has 1 unspecified atom stereocenters. The highest BCUT2D eigenvalue weighted by molar-refractivity contribution is 5.99. The van der Waals surface area contributed by atoms with Crippen molar-refractivity contribution >= 4 is 29.1 Å². The SMILES string of the molecule is NC(=NC(N=Cc1ccc(-c2ccc(-c3ccc4c(c3)C3(c5ccccc5-4)c4ccccc4N(c4ccccc4)c4ccccc43)cc2)cc1)c1ccccc1)c1ccc(-c2ccccc2)cc1. The lowest BCUT2D eigenvalue weighted by Gasteiger charge is -2.45. The summed E-state index contributed by atoms with van der Waals surface area (Å²) in [6.45, 7) is 0. The molecule has 1 aliphatic heterocycles. The number of para-hydroxylation sites is 3. The quantitative estimate of drug-likeness (QED) is 0.116. The van der Waals surface area contributed by atoms with Crippen LogP contribution in [0, 0.1) is 0 Å². The van der Waals surface area contributed by atoms with Crippen LogP contribution < -0.4 is 10.6 Å². The fourth-order valence-corrected chi connectivity index (χ4v) is 10.4. The Morgan fingerprint density at radius 1 is 0.412 bits per heavy atom. The molecule has 0 saturated heterocycles. The molecule has 0 saturated carbocycles. The van der Waals surface area contributed by atoms with Gasteiger partial charge in [0, 0.05) is 17.5 Å². The number of anilines is 3. The summed E-state index contributed by atoms with van der Waals surface area (Å²) in [6.07, 6.45) is 1.40. The van der Waals surface area contributed by atoms with E-state index in [2.05, 4.69) is 199 Å². The summed E-state index contributed by atoms with van der Waals surface area (Å²) in [7, 11) is 0. The maximum atomic E-state index is 6.63. The van der Waals surface area contributed by atoms with Crippen LogP contribution in [-0.4, -0.2) is 12.1 Å². The van der Waals surface area contributed by atoms with Gasteiger partial charge in [-0.2, -0.15) is 0 Å². The Morgan fingerprint density at radius 2 is 0.868 bits per heavy atom. The smallest absolute Gasteiger partial charge is 0.167 e. The van der Waals surface area contributed by atoms with E-state index < -0.39 is 11.6 Å². The van der Waals surface area contributed by atoms with Gasteiger partial charge in [-0.3, -0.25) is 4.99 Å². The molecule has 0 radical (unpaired) electrons. The summed E-state index contributed by atoms with van der Waals surface area (Å²) in [5.74, 6) is 0.443. The van der Waals surface area contributed by atoms with Gasteiger partial charge in [0.05, 0.1) is 16.8 Å². The predicted octanol–water partition coefficient (Wildman–Crippen LogP) is 15.4. The highest BCUT2D eigenvalue weighted by Gasteiger charge is 2.51. The van der Waals surface area contributed by atoms with E-state index in [9.17, 15) is 0 Å². The summed E-state index contributed by atoms with van der Waals surface area (Å²) in [6, 6.07) is 90.9. The topological polar surface area (TPSA) is 54.0 Å². The summed E-state index contributed by atoms with van der Waals surface area (Å²) in [4.78, 5) is 12.3. The molecule has 1 atom stereocenters. The van der Waals surface area contributed by atoms with Crippen LogP contribution in [0.5, 0.6) is 0 Å². The lowest BCUT2D eigenvalue weighted by Crippen LogP contribution is -2.36. The zero-order chi connectivity index (χ0) is 45.4. The lowest BCUT2D eigenvalue weighted by molar-refractivity contribution is 0.753. The van der Waals surface area contributed by atoms with E-state index in [4.69, 9.17) is 15.7 Å². The van der Waals surface area contributed by atoms with E-state index >= 15 is 0 Å². The first-order valence-corrected chi connectivity index (χ1v) is 23.2. The van der Waals surface area contributed by atoms with Crippen LogP contribution in [0.2, 0.25) is 0 Å². The molecule has 2 aliphatic rings. The summed E-state index contributed by atoms with van der Waals surface area (Å²) in [5, 5.41) is 0.